The maximum atomic E-state index is 12.0. The van der Waals surface area contributed by atoms with Crippen molar-refractivity contribution in [1.82, 2.24) is 4.98 Å². The lowest BCUT2D eigenvalue weighted by molar-refractivity contribution is -0.165. The first-order valence-corrected chi connectivity index (χ1v) is 5.04. The summed E-state index contributed by atoms with van der Waals surface area (Å²) in [7, 11) is 0. The Bertz CT molecular complexity index is 626. The van der Waals surface area contributed by atoms with Crippen LogP contribution in [0.1, 0.15) is 5.56 Å². The highest BCUT2D eigenvalue weighted by Crippen LogP contribution is 2.26. The topological polar surface area (TPSA) is 58.9 Å². The van der Waals surface area contributed by atoms with Crippen LogP contribution in [0.25, 0.3) is 17.0 Å². The van der Waals surface area contributed by atoms with E-state index in [4.69, 9.17) is 5.73 Å². The van der Waals surface area contributed by atoms with E-state index in [2.05, 4.69) is 4.98 Å². The molecule has 0 amide bonds. The average molecular weight is 254 g/mol. The maximum Gasteiger partial charge on any atom is 0.454 e. The summed E-state index contributed by atoms with van der Waals surface area (Å²) in [5, 5.41) is 0.601. The smallest absolute Gasteiger partial charge is 0.398 e. The van der Waals surface area contributed by atoms with E-state index in [1.165, 1.54) is 6.20 Å². The van der Waals surface area contributed by atoms with Crippen LogP contribution in [0.5, 0.6) is 0 Å². The molecule has 6 heteroatoms. The van der Waals surface area contributed by atoms with Gasteiger partial charge >= 0.3 is 6.18 Å². The maximum absolute atomic E-state index is 12.0. The number of rotatable bonds is 2. The summed E-state index contributed by atoms with van der Waals surface area (Å²) >= 11 is 0. The van der Waals surface area contributed by atoms with E-state index in [9.17, 15) is 18.0 Å². The largest absolute Gasteiger partial charge is 0.454 e. The van der Waals surface area contributed by atoms with E-state index in [-0.39, 0.29) is 0 Å². The zero-order valence-electron chi connectivity index (χ0n) is 9.08. The highest BCUT2D eigenvalue weighted by atomic mass is 19.4. The Morgan fingerprint density at radius 3 is 2.72 bits per heavy atom. The number of H-pyrrole nitrogens is 1. The number of alkyl halides is 3. The molecule has 0 spiro atoms. The Morgan fingerprint density at radius 2 is 2.06 bits per heavy atom. The number of halogens is 3. The Hall–Kier alpha value is -2.24. The molecule has 0 aliphatic carbocycles. The number of allylic oxidation sites excluding steroid dienone is 1. The van der Waals surface area contributed by atoms with Crippen molar-refractivity contribution < 1.29 is 18.0 Å². The number of carbonyl (C=O) groups is 1. The van der Waals surface area contributed by atoms with E-state index in [0.717, 1.165) is 6.08 Å². The van der Waals surface area contributed by atoms with Crippen molar-refractivity contribution in [3.05, 3.63) is 36.0 Å². The minimum absolute atomic E-state index is 0.438. The van der Waals surface area contributed by atoms with Crippen molar-refractivity contribution in [1.29, 1.82) is 0 Å². The molecule has 0 atom stereocenters. The lowest BCUT2D eigenvalue weighted by Gasteiger charge is -2.00. The number of fused-ring (bicyclic) bond motifs is 1. The van der Waals surface area contributed by atoms with Gasteiger partial charge in [0.1, 0.15) is 0 Å². The number of carbonyl (C=O) groups excluding carboxylic acids is 1. The van der Waals surface area contributed by atoms with Gasteiger partial charge in [-0.25, -0.2) is 0 Å². The summed E-state index contributed by atoms with van der Waals surface area (Å²) in [6.07, 6.45) is -1.75. The van der Waals surface area contributed by atoms with Gasteiger partial charge in [-0.3, -0.25) is 4.79 Å². The normalized spacial score (nSPS) is 12.4. The molecule has 2 aromatic rings. The number of benzene rings is 1. The second-order valence-electron chi connectivity index (χ2n) is 3.71. The molecule has 3 nitrogen and oxygen atoms in total. The number of ketones is 1. The number of nitrogens with one attached hydrogen (secondary N) is 1. The third-order valence-corrected chi connectivity index (χ3v) is 2.46. The lowest BCUT2D eigenvalue weighted by atomic mass is 10.1. The summed E-state index contributed by atoms with van der Waals surface area (Å²) in [5.74, 6) is -1.90. The highest BCUT2D eigenvalue weighted by Gasteiger charge is 2.36. The second kappa shape index (κ2) is 4.21. The van der Waals surface area contributed by atoms with Gasteiger partial charge in [-0.15, -0.1) is 0 Å². The first-order chi connectivity index (χ1) is 8.39. The number of nitrogens with two attached hydrogens (primary N) is 1. The third-order valence-electron chi connectivity index (χ3n) is 2.46. The first-order valence-electron chi connectivity index (χ1n) is 5.04. The molecule has 3 N–H and O–H groups in total. The quantitative estimate of drug-likeness (QED) is 0.639. The van der Waals surface area contributed by atoms with Crippen LogP contribution in [0, 0.1) is 0 Å². The average Bonchev–Trinajstić information content (AvgIpc) is 2.69. The molecule has 0 saturated heterocycles. The SMILES string of the molecule is Nc1cccc2[nH]cc(/C=C/C(=O)C(F)(F)F)c12. The number of hydrogen-bond donors (Lipinski definition) is 2. The van der Waals surface area contributed by atoms with Crippen LogP contribution in [-0.4, -0.2) is 16.9 Å². The van der Waals surface area contributed by atoms with Gasteiger partial charge in [0, 0.05) is 28.4 Å². The predicted octanol–water partition coefficient (Wildman–Crippen LogP) is 2.89. The number of nitrogen functional groups attached to an aromatic ring is 1. The fourth-order valence-corrected chi connectivity index (χ4v) is 1.63. The van der Waals surface area contributed by atoms with Gasteiger partial charge in [0.2, 0.25) is 0 Å². The molecular formula is C12H9F3N2O. The third kappa shape index (κ3) is 2.22. The van der Waals surface area contributed by atoms with Crippen molar-refractivity contribution >= 4 is 28.4 Å². The number of hydrogen-bond acceptors (Lipinski definition) is 2. The molecule has 0 aliphatic rings. The Balaban J connectivity index is 2.39. The summed E-state index contributed by atoms with van der Waals surface area (Å²) in [4.78, 5) is 13.6. The van der Waals surface area contributed by atoms with Gasteiger partial charge in [0.05, 0.1) is 0 Å². The first kappa shape index (κ1) is 12.2. The van der Waals surface area contributed by atoms with Crippen LogP contribution < -0.4 is 5.73 Å². The summed E-state index contributed by atoms with van der Waals surface area (Å²) in [5.41, 5.74) is 7.32. The van der Waals surface area contributed by atoms with Crippen LogP contribution in [0.3, 0.4) is 0 Å². The van der Waals surface area contributed by atoms with Crippen LogP contribution in [0.2, 0.25) is 0 Å². The zero-order chi connectivity index (χ0) is 13.3. The molecule has 18 heavy (non-hydrogen) atoms. The van der Waals surface area contributed by atoms with Gasteiger partial charge < -0.3 is 10.7 Å². The van der Waals surface area contributed by atoms with Gasteiger partial charge in [0.15, 0.2) is 0 Å². The fraction of sp³-hybridized carbons (Fsp3) is 0.0833. The molecule has 2 rings (SSSR count). The molecule has 0 aliphatic heterocycles. The lowest BCUT2D eigenvalue weighted by Crippen LogP contribution is -2.19. The zero-order valence-corrected chi connectivity index (χ0v) is 9.08. The number of aromatic nitrogens is 1. The van der Waals surface area contributed by atoms with E-state index in [1.807, 2.05) is 0 Å². The molecule has 0 saturated carbocycles. The van der Waals surface area contributed by atoms with Crippen molar-refractivity contribution in [2.75, 3.05) is 5.73 Å². The monoisotopic (exact) mass is 254 g/mol. The number of aromatic amines is 1. The summed E-state index contributed by atoms with van der Waals surface area (Å²) in [6, 6.07) is 5.11. The Morgan fingerprint density at radius 1 is 1.33 bits per heavy atom. The van der Waals surface area contributed by atoms with E-state index in [1.54, 1.807) is 18.2 Å². The van der Waals surface area contributed by atoms with Crippen LogP contribution >= 0.6 is 0 Å². The predicted molar refractivity (Wildman–Crippen MR) is 62.8 cm³/mol. The van der Waals surface area contributed by atoms with Crippen molar-refractivity contribution in [2.24, 2.45) is 0 Å². The molecule has 0 fully saturated rings. The molecule has 1 heterocycles. The fourth-order valence-electron chi connectivity index (χ4n) is 1.63. The standard InChI is InChI=1S/C12H9F3N2O/c13-12(14,15)10(18)5-4-7-6-17-9-3-1-2-8(16)11(7)9/h1-6,17H,16H2/b5-4+. The van der Waals surface area contributed by atoms with Crippen LogP contribution in [0.4, 0.5) is 18.9 Å². The minimum atomic E-state index is -4.85. The van der Waals surface area contributed by atoms with Gasteiger partial charge in [0.25, 0.3) is 5.78 Å². The van der Waals surface area contributed by atoms with Gasteiger partial charge in [-0.2, -0.15) is 13.2 Å². The summed E-state index contributed by atoms with van der Waals surface area (Å²) in [6.45, 7) is 0. The van der Waals surface area contributed by atoms with Crippen molar-refractivity contribution in [3.63, 3.8) is 0 Å². The number of anilines is 1. The molecule has 94 valence electrons. The second-order valence-corrected chi connectivity index (χ2v) is 3.71. The van der Waals surface area contributed by atoms with E-state index >= 15 is 0 Å². The van der Waals surface area contributed by atoms with Crippen LogP contribution in [0.15, 0.2) is 30.5 Å². The molecular weight excluding hydrogens is 245 g/mol. The minimum Gasteiger partial charge on any atom is -0.398 e. The Kier molecular flexibility index (Phi) is 2.86. The van der Waals surface area contributed by atoms with E-state index < -0.39 is 12.0 Å². The highest BCUT2D eigenvalue weighted by molar-refractivity contribution is 6.02. The van der Waals surface area contributed by atoms with Crippen molar-refractivity contribution in [2.45, 2.75) is 6.18 Å². The van der Waals surface area contributed by atoms with Crippen LogP contribution in [-0.2, 0) is 4.79 Å². The molecule has 0 unspecified atom stereocenters. The molecule has 0 bridgehead atoms. The Labute approximate surface area is 100 Å². The molecule has 0 radical (unpaired) electrons. The summed E-state index contributed by atoms with van der Waals surface area (Å²) < 4.78 is 36.1. The van der Waals surface area contributed by atoms with E-state index in [0.29, 0.717) is 28.2 Å². The molecule has 1 aromatic heterocycles. The van der Waals surface area contributed by atoms with Gasteiger partial charge in [-0.05, 0) is 24.3 Å². The van der Waals surface area contributed by atoms with Gasteiger partial charge in [-0.1, -0.05) is 6.07 Å². The molecule has 1 aromatic carbocycles. The van der Waals surface area contributed by atoms with Crippen molar-refractivity contribution in [3.8, 4) is 0 Å².